The van der Waals surface area contributed by atoms with Crippen molar-refractivity contribution in [3.63, 3.8) is 0 Å². The zero-order valence-corrected chi connectivity index (χ0v) is 10.2. The van der Waals surface area contributed by atoms with Crippen LogP contribution in [0.5, 0.6) is 0 Å². The van der Waals surface area contributed by atoms with Crippen LogP contribution in [0.1, 0.15) is 11.1 Å². The second-order valence-electron chi connectivity index (χ2n) is 3.79. The van der Waals surface area contributed by atoms with Gasteiger partial charge in [0, 0.05) is 11.6 Å². The van der Waals surface area contributed by atoms with E-state index < -0.39 is 5.82 Å². The monoisotopic (exact) mass is 260 g/mol. The highest BCUT2D eigenvalue weighted by atomic mass is 35.5. The Morgan fingerprint density at radius 2 is 2.06 bits per heavy atom. The summed E-state index contributed by atoms with van der Waals surface area (Å²) in [5.41, 5.74) is 1.64. The molecule has 2 aromatic rings. The summed E-state index contributed by atoms with van der Waals surface area (Å²) in [6.07, 6.45) is 0. The van der Waals surface area contributed by atoms with Crippen molar-refractivity contribution in [2.45, 2.75) is 6.54 Å². The molecule has 0 aliphatic carbocycles. The first-order chi connectivity index (χ1) is 8.69. The topological polar surface area (TPSA) is 35.8 Å². The first-order valence-electron chi connectivity index (χ1n) is 5.37. The molecule has 2 nitrogen and oxygen atoms in total. The van der Waals surface area contributed by atoms with Gasteiger partial charge in [0.2, 0.25) is 0 Å². The molecule has 0 spiro atoms. The van der Waals surface area contributed by atoms with Crippen LogP contribution in [-0.4, -0.2) is 0 Å². The van der Waals surface area contributed by atoms with Crippen molar-refractivity contribution in [1.82, 2.24) is 0 Å². The summed E-state index contributed by atoms with van der Waals surface area (Å²) in [4.78, 5) is 0. The average molecular weight is 261 g/mol. The number of rotatable bonds is 3. The first-order valence-corrected chi connectivity index (χ1v) is 5.75. The lowest BCUT2D eigenvalue weighted by atomic mass is 10.2. The van der Waals surface area contributed by atoms with Gasteiger partial charge in [-0.2, -0.15) is 5.26 Å². The van der Waals surface area contributed by atoms with Crippen molar-refractivity contribution in [1.29, 1.82) is 5.26 Å². The maximum absolute atomic E-state index is 13.6. The van der Waals surface area contributed by atoms with Crippen LogP contribution < -0.4 is 5.32 Å². The molecule has 0 aliphatic rings. The van der Waals surface area contributed by atoms with E-state index in [9.17, 15) is 4.39 Å². The molecular weight excluding hydrogens is 251 g/mol. The van der Waals surface area contributed by atoms with E-state index in [-0.39, 0.29) is 0 Å². The minimum absolute atomic E-state index is 0.306. The van der Waals surface area contributed by atoms with Crippen LogP contribution in [0.4, 0.5) is 10.1 Å². The Labute approximate surface area is 110 Å². The van der Waals surface area contributed by atoms with E-state index in [0.29, 0.717) is 22.8 Å². The molecule has 90 valence electrons. The third kappa shape index (κ3) is 2.99. The average Bonchev–Trinajstić information content (AvgIpc) is 2.37. The Kier molecular flexibility index (Phi) is 3.81. The van der Waals surface area contributed by atoms with E-state index in [1.165, 1.54) is 6.07 Å². The van der Waals surface area contributed by atoms with E-state index in [2.05, 4.69) is 5.32 Å². The molecule has 0 aromatic heterocycles. The van der Waals surface area contributed by atoms with Crippen molar-refractivity contribution < 1.29 is 4.39 Å². The molecule has 2 rings (SSSR count). The van der Waals surface area contributed by atoms with Crippen LogP contribution in [0.25, 0.3) is 0 Å². The summed E-state index contributed by atoms with van der Waals surface area (Å²) < 4.78 is 13.6. The molecule has 0 aliphatic heterocycles. The third-order valence-corrected chi connectivity index (χ3v) is 2.71. The second-order valence-corrected chi connectivity index (χ2v) is 4.23. The molecule has 0 unspecified atom stereocenters. The van der Waals surface area contributed by atoms with E-state index in [0.717, 1.165) is 5.56 Å². The Morgan fingerprint density at radius 3 is 2.72 bits per heavy atom. The van der Waals surface area contributed by atoms with Crippen LogP contribution in [0.2, 0.25) is 5.02 Å². The lowest BCUT2D eigenvalue weighted by molar-refractivity contribution is 0.629. The van der Waals surface area contributed by atoms with Gasteiger partial charge in [-0.3, -0.25) is 0 Å². The van der Waals surface area contributed by atoms with Gasteiger partial charge in [0.15, 0.2) is 0 Å². The van der Waals surface area contributed by atoms with Crippen molar-refractivity contribution in [3.05, 3.63) is 64.4 Å². The summed E-state index contributed by atoms with van der Waals surface area (Å²) in [5, 5.41) is 12.3. The van der Waals surface area contributed by atoms with Gasteiger partial charge in [-0.1, -0.05) is 23.7 Å². The van der Waals surface area contributed by atoms with Crippen molar-refractivity contribution in [3.8, 4) is 6.07 Å². The van der Waals surface area contributed by atoms with Crippen LogP contribution in [0.15, 0.2) is 42.5 Å². The fraction of sp³-hybridized carbons (Fsp3) is 0.0714. The molecule has 1 N–H and O–H groups in total. The van der Waals surface area contributed by atoms with E-state index >= 15 is 0 Å². The first kappa shape index (κ1) is 12.4. The lowest BCUT2D eigenvalue weighted by Gasteiger charge is -2.08. The van der Waals surface area contributed by atoms with Crippen LogP contribution >= 0.6 is 11.6 Å². The zero-order chi connectivity index (χ0) is 13.0. The molecule has 0 heterocycles. The minimum atomic E-state index is -0.434. The van der Waals surface area contributed by atoms with Crippen molar-refractivity contribution in [2.24, 2.45) is 0 Å². The van der Waals surface area contributed by atoms with Gasteiger partial charge >= 0.3 is 0 Å². The Bertz CT molecular complexity index is 605. The van der Waals surface area contributed by atoms with Crippen molar-refractivity contribution >= 4 is 17.3 Å². The molecule has 18 heavy (non-hydrogen) atoms. The molecule has 0 atom stereocenters. The lowest BCUT2D eigenvalue weighted by Crippen LogP contribution is -2.01. The molecule has 0 radical (unpaired) electrons. The SMILES string of the molecule is N#Cc1ccc(NCc2cccc(Cl)c2)c(F)c1. The largest absolute Gasteiger partial charge is 0.379 e. The maximum Gasteiger partial charge on any atom is 0.147 e. The summed E-state index contributed by atoms with van der Waals surface area (Å²) in [6, 6.07) is 13.6. The fourth-order valence-electron chi connectivity index (χ4n) is 1.57. The highest BCUT2D eigenvalue weighted by molar-refractivity contribution is 6.30. The predicted octanol–water partition coefficient (Wildman–Crippen LogP) is 3.96. The molecule has 0 saturated heterocycles. The van der Waals surface area contributed by atoms with Gasteiger partial charge in [0.25, 0.3) is 0 Å². The quantitative estimate of drug-likeness (QED) is 0.907. The van der Waals surface area contributed by atoms with Gasteiger partial charge in [-0.15, -0.1) is 0 Å². The standard InChI is InChI=1S/C14H10ClFN2/c15-12-3-1-2-11(6-12)9-18-14-5-4-10(8-17)7-13(14)16/h1-7,18H,9H2. The molecule has 0 amide bonds. The van der Waals surface area contributed by atoms with Crippen LogP contribution in [-0.2, 0) is 6.54 Å². The Hall–Kier alpha value is -2.05. The number of anilines is 1. The highest BCUT2D eigenvalue weighted by Crippen LogP contribution is 2.17. The Balaban J connectivity index is 2.09. The number of benzene rings is 2. The molecule has 4 heteroatoms. The van der Waals surface area contributed by atoms with Gasteiger partial charge in [0.05, 0.1) is 17.3 Å². The number of hydrogen-bond acceptors (Lipinski definition) is 2. The highest BCUT2D eigenvalue weighted by Gasteiger charge is 2.03. The van der Waals surface area contributed by atoms with Gasteiger partial charge < -0.3 is 5.32 Å². The molecule has 0 fully saturated rings. The number of halogens is 2. The summed E-state index contributed by atoms with van der Waals surface area (Å²) in [6.45, 7) is 0.476. The van der Waals surface area contributed by atoms with Crippen LogP contribution in [0.3, 0.4) is 0 Å². The minimum Gasteiger partial charge on any atom is -0.379 e. The summed E-state index contributed by atoms with van der Waals surface area (Å²) in [7, 11) is 0. The second kappa shape index (κ2) is 5.52. The number of nitrogens with zero attached hydrogens (tertiary/aromatic N) is 1. The normalized spacial score (nSPS) is 9.83. The predicted molar refractivity (Wildman–Crippen MR) is 69.9 cm³/mol. The third-order valence-electron chi connectivity index (χ3n) is 2.47. The van der Waals surface area contributed by atoms with Crippen LogP contribution in [0, 0.1) is 17.1 Å². The van der Waals surface area contributed by atoms with Gasteiger partial charge in [-0.25, -0.2) is 4.39 Å². The van der Waals surface area contributed by atoms with E-state index in [1.807, 2.05) is 24.3 Å². The zero-order valence-electron chi connectivity index (χ0n) is 9.45. The van der Waals surface area contributed by atoms with Gasteiger partial charge in [0.1, 0.15) is 5.82 Å². The molecule has 2 aromatic carbocycles. The van der Waals surface area contributed by atoms with E-state index in [1.54, 1.807) is 18.2 Å². The molecule has 0 saturated carbocycles. The van der Waals surface area contributed by atoms with Crippen molar-refractivity contribution in [2.75, 3.05) is 5.32 Å². The Morgan fingerprint density at radius 1 is 1.22 bits per heavy atom. The maximum atomic E-state index is 13.6. The smallest absolute Gasteiger partial charge is 0.147 e. The summed E-state index contributed by atoms with van der Waals surface area (Å²) in [5.74, 6) is -0.434. The van der Waals surface area contributed by atoms with Gasteiger partial charge in [-0.05, 0) is 35.9 Å². The molecule has 0 bridgehead atoms. The number of nitriles is 1. The number of hydrogen-bond donors (Lipinski definition) is 1. The molecular formula is C14H10ClFN2. The number of nitrogens with one attached hydrogen (secondary N) is 1. The van der Waals surface area contributed by atoms with E-state index in [4.69, 9.17) is 16.9 Å². The fourth-order valence-corrected chi connectivity index (χ4v) is 1.79. The summed E-state index contributed by atoms with van der Waals surface area (Å²) >= 11 is 5.86.